The molecule has 4 nitrogen and oxygen atoms in total. The molecule has 3 rings (SSSR count). The van der Waals surface area contributed by atoms with E-state index in [9.17, 15) is 4.79 Å². The van der Waals surface area contributed by atoms with Gasteiger partial charge >= 0.3 is 0 Å². The van der Waals surface area contributed by atoms with Crippen LogP contribution in [0.2, 0.25) is 0 Å². The van der Waals surface area contributed by atoms with Crippen LogP contribution >= 0.6 is 0 Å². The van der Waals surface area contributed by atoms with Crippen molar-refractivity contribution in [3.05, 3.63) is 64.7 Å². The summed E-state index contributed by atoms with van der Waals surface area (Å²) in [6.45, 7) is 10.7. The Balaban J connectivity index is 1.43. The molecule has 0 saturated carbocycles. The zero-order valence-electron chi connectivity index (χ0n) is 17.3. The second-order valence-corrected chi connectivity index (χ2v) is 8.05. The highest BCUT2D eigenvalue weighted by atomic mass is 16.5. The molecule has 1 aliphatic rings. The number of amides is 1. The van der Waals surface area contributed by atoms with Gasteiger partial charge in [0.05, 0.1) is 6.54 Å². The summed E-state index contributed by atoms with van der Waals surface area (Å²) in [6.07, 6.45) is 2.62. The second-order valence-electron chi connectivity index (χ2n) is 8.05. The maximum atomic E-state index is 12.3. The van der Waals surface area contributed by atoms with E-state index in [0.717, 1.165) is 23.8 Å². The molecule has 28 heavy (non-hydrogen) atoms. The summed E-state index contributed by atoms with van der Waals surface area (Å²) in [4.78, 5) is 14.8. The van der Waals surface area contributed by atoms with Crippen molar-refractivity contribution in [1.29, 1.82) is 0 Å². The minimum atomic E-state index is -0.0534. The number of piperidine rings is 1. The van der Waals surface area contributed by atoms with Crippen molar-refractivity contribution in [3.63, 3.8) is 0 Å². The molecule has 0 aromatic heterocycles. The molecule has 1 N–H and O–H groups in total. The molecule has 4 heteroatoms. The summed E-state index contributed by atoms with van der Waals surface area (Å²) in [5.41, 5.74) is 4.30. The number of benzene rings is 2. The number of aryl methyl sites for hydroxylation is 2. The molecule has 0 radical (unpaired) electrons. The van der Waals surface area contributed by atoms with Crippen LogP contribution in [0.1, 0.15) is 46.8 Å². The van der Waals surface area contributed by atoms with E-state index in [1.54, 1.807) is 0 Å². The van der Waals surface area contributed by atoms with Crippen LogP contribution in [0, 0.1) is 19.8 Å². The van der Waals surface area contributed by atoms with Crippen LogP contribution in [0.3, 0.4) is 0 Å². The normalized spacial score (nSPS) is 17.3. The van der Waals surface area contributed by atoms with E-state index in [-0.39, 0.29) is 5.91 Å². The molecule has 1 atom stereocenters. The molecule has 1 amide bonds. The minimum Gasteiger partial charge on any atom is -0.491 e. The maximum absolute atomic E-state index is 12.3. The number of carbonyl (C=O) groups excluding carboxylic acids is 1. The third-order valence-corrected chi connectivity index (χ3v) is 5.34. The fourth-order valence-corrected chi connectivity index (χ4v) is 3.84. The van der Waals surface area contributed by atoms with Crippen LogP contribution in [0.25, 0.3) is 0 Å². The topological polar surface area (TPSA) is 41.6 Å². The molecule has 150 valence electrons. The van der Waals surface area contributed by atoms with E-state index in [4.69, 9.17) is 4.74 Å². The monoisotopic (exact) mass is 380 g/mol. The van der Waals surface area contributed by atoms with Crippen molar-refractivity contribution < 1.29 is 9.53 Å². The molecular weight excluding hydrogens is 348 g/mol. The molecule has 0 aliphatic carbocycles. The van der Waals surface area contributed by atoms with Crippen LogP contribution < -0.4 is 10.1 Å². The van der Waals surface area contributed by atoms with Gasteiger partial charge in [-0.3, -0.25) is 9.69 Å². The average molecular weight is 381 g/mol. The lowest BCUT2D eigenvalue weighted by atomic mass is 9.99. The van der Waals surface area contributed by atoms with Gasteiger partial charge in [0.25, 0.3) is 5.91 Å². The Morgan fingerprint density at radius 1 is 1.18 bits per heavy atom. The van der Waals surface area contributed by atoms with Gasteiger partial charge in [-0.25, -0.2) is 0 Å². The van der Waals surface area contributed by atoms with Crippen LogP contribution in [0.5, 0.6) is 5.75 Å². The molecule has 0 spiro atoms. The Bertz CT molecular complexity index is 786. The van der Waals surface area contributed by atoms with Gasteiger partial charge in [-0.2, -0.15) is 0 Å². The second kappa shape index (κ2) is 9.74. The van der Waals surface area contributed by atoms with Crippen molar-refractivity contribution >= 4 is 5.91 Å². The first-order valence-corrected chi connectivity index (χ1v) is 10.3. The Morgan fingerprint density at radius 2 is 1.96 bits per heavy atom. The van der Waals surface area contributed by atoms with E-state index in [1.807, 2.05) is 31.2 Å². The van der Waals surface area contributed by atoms with E-state index in [1.165, 1.54) is 37.1 Å². The first-order valence-electron chi connectivity index (χ1n) is 10.3. The van der Waals surface area contributed by atoms with Crippen molar-refractivity contribution in [3.8, 4) is 5.75 Å². The number of carbonyl (C=O) groups is 1. The quantitative estimate of drug-likeness (QED) is 0.727. The summed E-state index contributed by atoms with van der Waals surface area (Å²) in [5.74, 6) is 1.60. The molecule has 1 unspecified atom stereocenters. The van der Waals surface area contributed by atoms with E-state index in [2.05, 4.69) is 42.3 Å². The number of rotatable bonds is 7. The molecule has 1 aliphatic heterocycles. The van der Waals surface area contributed by atoms with Crippen molar-refractivity contribution in [2.24, 2.45) is 5.92 Å². The van der Waals surface area contributed by atoms with Gasteiger partial charge < -0.3 is 10.1 Å². The number of nitrogens with zero attached hydrogens (tertiary/aromatic N) is 1. The lowest BCUT2D eigenvalue weighted by Crippen LogP contribution is -2.33. The first kappa shape index (κ1) is 20.4. The van der Waals surface area contributed by atoms with Gasteiger partial charge in [-0.1, -0.05) is 36.8 Å². The van der Waals surface area contributed by atoms with Crippen LogP contribution in [-0.2, 0) is 6.54 Å². The average Bonchev–Trinajstić information content (AvgIpc) is 2.67. The highest BCUT2D eigenvalue weighted by Crippen LogP contribution is 2.19. The van der Waals surface area contributed by atoms with Gasteiger partial charge in [0, 0.05) is 18.7 Å². The van der Waals surface area contributed by atoms with Crippen molar-refractivity contribution in [1.82, 2.24) is 10.2 Å². The minimum absolute atomic E-state index is 0.0534. The standard InChI is InChI=1S/C24H32N2O2/c1-18-6-11-23(20(3)15-18)28-14-12-25-24(27)22-9-7-21(8-10-22)17-26-13-4-5-19(2)16-26/h6-11,15,19H,4-5,12-14,16-17H2,1-3H3,(H,25,27). The highest BCUT2D eigenvalue weighted by Gasteiger charge is 2.16. The Hall–Kier alpha value is -2.33. The number of nitrogens with one attached hydrogen (secondary N) is 1. The SMILES string of the molecule is Cc1ccc(OCCNC(=O)c2ccc(CN3CCCC(C)C3)cc2)c(C)c1. The molecule has 0 bridgehead atoms. The molecule has 1 fully saturated rings. The Labute approximate surface area is 168 Å². The Morgan fingerprint density at radius 3 is 2.68 bits per heavy atom. The van der Waals surface area contributed by atoms with Crippen LogP contribution in [0.15, 0.2) is 42.5 Å². The number of hydrogen-bond donors (Lipinski definition) is 1. The van der Waals surface area contributed by atoms with E-state index in [0.29, 0.717) is 18.7 Å². The smallest absolute Gasteiger partial charge is 0.251 e. The largest absolute Gasteiger partial charge is 0.491 e. The third-order valence-electron chi connectivity index (χ3n) is 5.34. The van der Waals surface area contributed by atoms with Gasteiger partial charge in [0.1, 0.15) is 12.4 Å². The summed E-state index contributed by atoms with van der Waals surface area (Å²) in [5, 5.41) is 2.93. The third kappa shape index (κ3) is 5.83. The molecular formula is C24H32N2O2. The highest BCUT2D eigenvalue weighted by molar-refractivity contribution is 5.94. The lowest BCUT2D eigenvalue weighted by molar-refractivity contribution is 0.0947. The van der Waals surface area contributed by atoms with Gasteiger partial charge in [-0.15, -0.1) is 0 Å². The predicted octanol–water partition coefficient (Wildman–Crippen LogP) is 4.34. The van der Waals surface area contributed by atoms with Gasteiger partial charge in [0.2, 0.25) is 0 Å². The molecule has 1 heterocycles. The van der Waals surface area contributed by atoms with Crippen LogP contribution in [0.4, 0.5) is 0 Å². The number of likely N-dealkylation sites (tertiary alicyclic amines) is 1. The number of ether oxygens (including phenoxy) is 1. The maximum Gasteiger partial charge on any atom is 0.251 e. The van der Waals surface area contributed by atoms with Gasteiger partial charge in [-0.05, 0) is 68.5 Å². The summed E-state index contributed by atoms with van der Waals surface area (Å²) >= 11 is 0. The van der Waals surface area contributed by atoms with E-state index >= 15 is 0 Å². The lowest BCUT2D eigenvalue weighted by Gasteiger charge is -2.30. The zero-order valence-corrected chi connectivity index (χ0v) is 17.3. The fourth-order valence-electron chi connectivity index (χ4n) is 3.84. The summed E-state index contributed by atoms with van der Waals surface area (Å²) < 4.78 is 5.77. The molecule has 1 saturated heterocycles. The predicted molar refractivity (Wildman–Crippen MR) is 114 cm³/mol. The van der Waals surface area contributed by atoms with Crippen molar-refractivity contribution in [2.45, 2.75) is 40.2 Å². The first-order chi connectivity index (χ1) is 13.5. The Kier molecular flexibility index (Phi) is 7.10. The summed E-state index contributed by atoms with van der Waals surface area (Å²) in [6, 6.07) is 14.1. The fraction of sp³-hybridized carbons (Fsp3) is 0.458. The molecule has 2 aromatic rings. The zero-order chi connectivity index (χ0) is 19.9. The van der Waals surface area contributed by atoms with Crippen molar-refractivity contribution in [2.75, 3.05) is 26.2 Å². The number of hydrogen-bond acceptors (Lipinski definition) is 3. The van der Waals surface area contributed by atoms with Gasteiger partial charge in [0.15, 0.2) is 0 Å². The van der Waals surface area contributed by atoms with Crippen LogP contribution in [-0.4, -0.2) is 37.0 Å². The van der Waals surface area contributed by atoms with E-state index < -0.39 is 0 Å². The molecule has 2 aromatic carbocycles. The summed E-state index contributed by atoms with van der Waals surface area (Å²) in [7, 11) is 0.